The van der Waals surface area contributed by atoms with Gasteiger partial charge in [-0.05, 0) is 30.7 Å². The zero-order valence-corrected chi connectivity index (χ0v) is 12.6. The smallest absolute Gasteiger partial charge is 0.282 e. The highest BCUT2D eigenvalue weighted by molar-refractivity contribution is 6.31. The highest BCUT2D eigenvalue weighted by Gasteiger charge is 2.28. The second-order valence-corrected chi connectivity index (χ2v) is 5.80. The van der Waals surface area contributed by atoms with Gasteiger partial charge in [-0.3, -0.25) is 9.89 Å². The van der Waals surface area contributed by atoms with Crippen molar-refractivity contribution in [3.63, 3.8) is 0 Å². The molecule has 0 saturated carbocycles. The molecule has 0 spiro atoms. The number of benzene rings is 1. The minimum Gasteiger partial charge on any atom is -0.334 e. The molecule has 1 aromatic carbocycles. The Kier molecular flexibility index (Phi) is 3.87. The van der Waals surface area contributed by atoms with Gasteiger partial charge in [0.15, 0.2) is 0 Å². The number of nitrogens with zero attached hydrogens (tertiary/aromatic N) is 2. The number of nitrogens with one attached hydrogen (secondary N) is 1. The summed E-state index contributed by atoms with van der Waals surface area (Å²) in [5.41, 5.74) is 2.19. The lowest BCUT2D eigenvalue weighted by molar-refractivity contribution is 0.0729. The average Bonchev–Trinajstić information content (AvgIpc) is 2.88. The molecule has 1 aliphatic heterocycles. The van der Waals surface area contributed by atoms with Gasteiger partial charge in [-0.25, -0.2) is 8.78 Å². The van der Waals surface area contributed by atoms with E-state index in [4.69, 9.17) is 11.6 Å². The number of halogens is 3. The highest BCUT2D eigenvalue weighted by Crippen LogP contribution is 2.28. The SMILES string of the molecule is Cc1cc(Cl)cc(C(=O)N2CCc3[nH]nc(C(F)F)c3C2)c1. The lowest BCUT2D eigenvalue weighted by Gasteiger charge is -2.27. The Morgan fingerprint density at radius 3 is 2.86 bits per heavy atom. The number of hydrogen-bond donors (Lipinski definition) is 1. The first kappa shape index (κ1) is 15.0. The van der Waals surface area contributed by atoms with Crippen molar-refractivity contribution < 1.29 is 13.6 Å². The Morgan fingerprint density at radius 1 is 1.41 bits per heavy atom. The van der Waals surface area contributed by atoms with Crippen LogP contribution in [0.3, 0.4) is 0 Å². The van der Waals surface area contributed by atoms with Gasteiger partial charge in [0.25, 0.3) is 12.3 Å². The van der Waals surface area contributed by atoms with Crippen LogP contribution in [0.4, 0.5) is 8.78 Å². The van der Waals surface area contributed by atoms with Crippen molar-refractivity contribution >= 4 is 17.5 Å². The van der Waals surface area contributed by atoms with Crippen molar-refractivity contribution in [2.45, 2.75) is 26.3 Å². The lowest BCUT2D eigenvalue weighted by Crippen LogP contribution is -2.36. The maximum Gasteiger partial charge on any atom is 0.282 e. The van der Waals surface area contributed by atoms with E-state index in [9.17, 15) is 13.6 Å². The summed E-state index contributed by atoms with van der Waals surface area (Å²) < 4.78 is 25.9. The summed E-state index contributed by atoms with van der Waals surface area (Å²) in [5.74, 6) is -0.210. The summed E-state index contributed by atoms with van der Waals surface area (Å²) in [6.45, 7) is 2.44. The summed E-state index contributed by atoms with van der Waals surface area (Å²) in [6.07, 6.45) is -2.16. The molecule has 0 fully saturated rings. The van der Waals surface area contributed by atoms with Gasteiger partial charge in [-0.15, -0.1) is 0 Å². The third-order valence-electron chi connectivity index (χ3n) is 3.75. The van der Waals surface area contributed by atoms with Crippen LogP contribution < -0.4 is 0 Å². The molecule has 116 valence electrons. The summed E-state index contributed by atoms with van der Waals surface area (Å²) in [7, 11) is 0. The van der Waals surface area contributed by atoms with E-state index in [2.05, 4.69) is 10.2 Å². The number of amides is 1. The van der Waals surface area contributed by atoms with Crippen LogP contribution in [-0.4, -0.2) is 27.5 Å². The minimum atomic E-state index is -2.65. The Bertz CT molecular complexity index is 709. The first-order valence-electron chi connectivity index (χ1n) is 6.86. The predicted molar refractivity (Wildman–Crippen MR) is 78.2 cm³/mol. The second-order valence-electron chi connectivity index (χ2n) is 5.36. The van der Waals surface area contributed by atoms with Crippen LogP contribution in [0.1, 0.15) is 39.3 Å². The van der Waals surface area contributed by atoms with Crippen molar-refractivity contribution in [2.24, 2.45) is 0 Å². The highest BCUT2D eigenvalue weighted by atomic mass is 35.5. The number of aromatic amines is 1. The summed E-state index contributed by atoms with van der Waals surface area (Å²) in [6, 6.07) is 5.10. The van der Waals surface area contributed by atoms with Gasteiger partial charge in [-0.1, -0.05) is 11.6 Å². The van der Waals surface area contributed by atoms with E-state index >= 15 is 0 Å². The Morgan fingerprint density at radius 2 is 2.18 bits per heavy atom. The number of fused-ring (bicyclic) bond motifs is 1. The van der Waals surface area contributed by atoms with Crippen molar-refractivity contribution in [3.8, 4) is 0 Å². The van der Waals surface area contributed by atoms with Crippen LogP contribution in [0.2, 0.25) is 5.02 Å². The fourth-order valence-electron chi connectivity index (χ4n) is 2.71. The molecule has 0 radical (unpaired) electrons. The van der Waals surface area contributed by atoms with Gasteiger partial charge in [0.05, 0.1) is 0 Å². The number of rotatable bonds is 2. The van der Waals surface area contributed by atoms with Crippen molar-refractivity contribution in [1.82, 2.24) is 15.1 Å². The van der Waals surface area contributed by atoms with Gasteiger partial charge >= 0.3 is 0 Å². The number of carbonyl (C=O) groups is 1. The molecule has 7 heteroatoms. The first-order valence-corrected chi connectivity index (χ1v) is 7.24. The molecular weight excluding hydrogens is 312 g/mol. The van der Waals surface area contributed by atoms with E-state index in [0.29, 0.717) is 34.8 Å². The molecule has 1 amide bonds. The Balaban J connectivity index is 1.87. The molecule has 3 rings (SSSR count). The largest absolute Gasteiger partial charge is 0.334 e. The normalized spacial score (nSPS) is 14.3. The molecule has 22 heavy (non-hydrogen) atoms. The van der Waals surface area contributed by atoms with Crippen molar-refractivity contribution in [2.75, 3.05) is 6.54 Å². The number of carbonyl (C=O) groups excluding carboxylic acids is 1. The first-order chi connectivity index (χ1) is 10.5. The van der Waals surface area contributed by atoms with Gasteiger partial charge in [0.2, 0.25) is 0 Å². The van der Waals surface area contributed by atoms with E-state index in [-0.39, 0.29) is 18.1 Å². The van der Waals surface area contributed by atoms with E-state index in [0.717, 1.165) is 5.56 Å². The quantitative estimate of drug-likeness (QED) is 0.918. The van der Waals surface area contributed by atoms with Crippen LogP contribution >= 0.6 is 11.6 Å². The van der Waals surface area contributed by atoms with Gasteiger partial charge in [0, 0.05) is 41.4 Å². The average molecular weight is 326 g/mol. The maximum atomic E-state index is 12.9. The van der Waals surface area contributed by atoms with Crippen LogP contribution in [0.25, 0.3) is 0 Å². The third kappa shape index (κ3) is 2.70. The summed E-state index contributed by atoms with van der Waals surface area (Å²) >= 11 is 5.98. The number of aromatic nitrogens is 2. The van der Waals surface area contributed by atoms with Crippen LogP contribution in [-0.2, 0) is 13.0 Å². The van der Waals surface area contributed by atoms with Crippen LogP contribution in [0, 0.1) is 6.92 Å². The number of alkyl halides is 2. The number of H-pyrrole nitrogens is 1. The summed E-state index contributed by atoms with van der Waals surface area (Å²) in [4.78, 5) is 14.1. The third-order valence-corrected chi connectivity index (χ3v) is 3.97. The zero-order valence-electron chi connectivity index (χ0n) is 11.9. The molecule has 4 nitrogen and oxygen atoms in total. The molecule has 0 unspecified atom stereocenters. The van der Waals surface area contributed by atoms with Crippen molar-refractivity contribution in [3.05, 3.63) is 51.3 Å². The molecule has 0 aliphatic carbocycles. The molecular formula is C15H14ClF2N3O. The lowest BCUT2D eigenvalue weighted by atomic mass is 10.0. The topological polar surface area (TPSA) is 49.0 Å². The standard InChI is InChI=1S/C15H14ClF2N3O/c1-8-4-9(6-10(16)5-8)15(22)21-3-2-12-11(7-21)13(14(17)18)20-19-12/h4-6,14H,2-3,7H2,1H3,(H,19,20). The minimum absolute atomic E-state index is 0.135. The van der Waals surface area contributed by atoms with Crippen LogP contribution in [0.5, 0.6) is 0 Å². The van der Waals surface area contributed by atoms with E-state index in [1.807, 2.05) is 6.92 Å². The van der Waals surface area contributed by atoms with Gasteiger partial charge in [0.1, 0.15) is 5.69 Å². The number of aryl methyl sites for hydroxylation is 1. The molecule has 2 aromatic rings. The summed E-state index contributed by atoms with van der Waals surface area (Å²) in [5, 5.41) is 6.78. The van der Waals surface area contributed by atoms with Gasteiger partial charge in [-0.2, -0.15) is 5.10 Å². The second kappa shape index (κ2) is 5.68. The molecule has 0 atom stereocenters. The Labute approximate surface area is 131 Å². The fraction of sp³-hybridized carbons (Fsp3) is 0.333. The van der Waals surface area contributed by atoms with Crippen molar-refractivity contribution in [1.29, 1.82) is 0 Å². The zero-order chi connectivity index (χ0) is 15.9. The van der Waals surface area contributed by atoms with E-state index < -0.39 is 6.43 Å². The molecule has 1 aliphatic rings. The van der Waals surface area contributed by atoms with Gasteiger partial charge < -0.3 is 4.90 Å². The van der Waals surface area contributed by atoms with Crippen LogP contribution in [0.15, 0.2) is 18.2 Å². The number of hydrogen-bond acceptors (Lipinski definition) is 2. The van der Waals surface area contributed by atoms with E-state index in [1.54, 1.807) is 23.1 Å². The molecule has 0 saturated heterocycles. The maximum absolute atomic E-state index is 12.9. The molecule has 2 heterocycles. The Hall–Kier alpha value is -1.95. The molecule has 1 aromatic heterocycles. The van der Waals surface area contributed by atoms with E-state index in [1.165, 1.54) is 0 Å². The monoisotopic (exact) mass is 325 g/mol. The fourth-order valence-corrected chi connectivity index (χ4v) is 3.00. The molecule has 1 N–H and O–H groups in total. The molecule has 0 bridgehead atoms. The predicted octanol–water partition coefficient (Wildman–Crippen LogP) is 3.51.